The Morgan fingerprint density at radius 2 is 0.523 bits per heavy atom. The van der Waals surface area contributed by atoms with E-state index in [9.17, 15) is 0 Å². The van der Waals surface area contributed by atoms with E-state index in [1.54, 1.807) is 18.6 Å². The molecule has 6 fully saturated rings. The van der Waals surface area contributed by atoms with Crippen molar-refractivity contribution in [1.82, 2.24) is 0 Å². The summed E-state index contributed by atoms with van der Waals surface area (Å²) < 4.78 is 0. The normalized spacial score (nSPS) is 14.8. The second-order valence-corrected chi connectivity index (χ2v) is 39.9. The van der Waals surface area contributed by atoms with E-state index in [0.29, 0.717) is 5.92 Å². The molecule has 3 nitrogen and oxygen atoms in total. The number of aliphatic imine (C=N–C) groups is 3. The molecule has 1 atom stereocenters. The molecule has 2 aromatic rings. The fourth-order valence-electron chi connectivity index (χ4n) is 12.0. The van der Waals surface area contributed by atoms with Gasteiger partial charge in [0, 0.05) is 18.6 Å². The molecule has 1 unspecified atom stereocenters. The largest absolute Gasteiger partial charge is 0.289 e. The first-order valence-electron chi connectivity index (χ1n) is 55.8. The molecular weight excluding hydrogens is 1540 g/mol. The maximum Gasteiger partial charge on any atom is 0.0573 e. The van der Waals surface area contributed by atoms with Crippen molar-refractivity contribution in [3.8, 4) is 0 Å². The average molecular weight is 1800 g/mol. The van der Waals surface area contributed by atoms with Gasteiger partial charge in [-0.15, -0.1) is 0 Å². The zero-order valence-corrected chi connectivity index (χ0v) is 96.5. The molecule has 0 N–H and O–H groups in total. The maximum atomic E-state index is 3.85. The quantitative estimate of drug-likeness (QED) is 0.0993. The van der Waals surface area contributed by atoms with Gasteiger partial charge < -0.3 is 0 Å². The molecule has 11 rings (SSSR count). The van der Waals surface area contributed by atoms with Gasteiger partial charge in [0.2, 0.25) is 0 Å². The molecular formula is C125H253N3. The summed E-state index contributed by atoms with van der Waals surface area (Å²) in [5.41, 5.74) is 4.29. The minimum atomic E-state index is 0. The van der Waals surface area contributed by atoms with Gasteiger partial charge in [-0.3, -0.25) is 15.0 Å². The minimum absolute atomic E-state index is 0. The van der Waals surface area contributed by atoms with Crippen molar-refractivity contribution in [3.63, 3.8) is 0 Å². The zero-order valence-electron chi connectivity index (χ0n) is 96.5. The molecule has 3 heterocycles. The smallest absolute Gasteiger partial charge is 0.0573 e. The van der Waals surface area contributed by atoms with Gasteiger partial charge in [-0.2, -0.15) is 0 Å². The lowest BCUT2D eigenvalue weighted by atomic mass is 9.80. The van der Waals surface area contributed by atoms with Crippen LogP contribution in [0.2, 0.25) is 0 Å². The first kappa shape index (κ1) is 153. The molecule has 0 aromatic heterocycles. The third-order valence-electron chi connectivity index (χ3n) is 22.0. The molecule has 6 saturated carbocycles. The van der Waals surface area contributed by atoms with E-state index in [0.717, 1.165) is 114 Å². The summed E-state index contributed by atoms with van der Waals surface area (Å²) in [6.45, 7) is 98.5. The van der Waals surface area contributed by atoms with Crippen molar-refractivity contribution >= 4 is 18.6 Å². The molecule has 9 aliphatic rings. The third kappa shape index (κ3) is 159. The molecule has 3 aliphatic heterocycles. The van der Waals surface area contributed by atoms with Crippen LogP contribution in [0.15, 0.2) is 124 Å². The molecule has 768 valence electrons. The second-order valence-electron chi connectivity index (χ2n) is 39.9. The molecule has 0 bridgehead atoms. The number of nitrogens with zero attached hydrogens (tertiary/aromatic N) is 3. The van der Waals surface area contributed by atoms with E-state index in [1.807, 2.05) is 126 Å². The molecule has 0 saturated heterocycles. The SMILES string of the molecule is C.C1=CCN=C1.C1=CCN=C1.C1=CCN=C1.C1CCCC1.C1CCCCCC1.CC.CC.CC.CC.CC.CC.CC(C)=CCC(C)C.CC(C)C(C)CC1CC1.CC(C)CC1CCC1.CC(C)CC1CCCC1.CC(C)CC1CCCCC1.CC(C)Cc1ccccc1.CC(C)c1ccccc1.CCC(C)C.CCC(C)C.CCC(C)C.CCC(C)C.CCC(C)C. The first-order valence-corrected chi connectivity index (χ1v) is 55.8. The van der Waals surface area contributed by atoms with Crippen LogP contribution in [0.3, 0.4) is 0 Å². The minimum Gasteiger partial charge on any atom is -0.289 e. The van der Waals surface area contributed by atoms with Crippen LogP contribution in [0, 0.1) is 94.7 Å². The van der Waals surface area contributed by atoms with E-state index in [-0.39, 0.29) is 7.43 Å². The van der Waals surface area contributed by atoms with E-state index in [2.05, 4.69) is 297 Å². The van der Waals surface area contributed by atoms with Crippen LogP contribution >= 0.6 is 0 Å². The lowest BCUT2D eigenvalue weighted by Crippen LogP contribution is -2.12. The number of hydrogen-bond donors (Lipinski definition) is 0. The number of rotatable bonds is 19. The van der Waals surface area contributed by atoms with Crippen LogP contribution in [-0.2, 0) is 6.42 Å². The van der Waals surface area contributed by atoms with Crippen molar-refractivity contribution < 1.29 is 0 Å². The summed E-state index contributed by atoms with van der Waals surface area (Å²) in [6.07, 6.45) is 73.5. The Bertz CT molecular complexity index is 2180. The Morgan fingerprint density at radius 3 is 0.672 bits per heavy atom. The summed E-state index contributed by atoms with van der Waals surface area (Å²) in [7, 11) is 0. The van der Waals surface area contributed by atoms with Gasteiger partial charge in [0.05, 0.1) is 19.6 Å². The molecule has 2 aromatic carbocycles. The van der Waals surface area contributed by atoms with E-state index in [1.165, 1.54) is 254 Å². The van der Waals surface area contributed by atoms with Gasteiger partial charge >= 0.3 is 0 Å². The molecule has 6 aliphatic carbocycles. The predicted octanol–water partition coefficient (Wildman–Crippen LogP) is 45.1. The summed E-state index contributed by atoms with van der Waals surface area (Å²) in [6, 6.07) is 21.1. The topological polar surface area (TPSA) is 37.1 Å². The average Bonchev–Trinajstić information content (AvgIpc) is 1.81. The van der Waals surface area contributed by atoms with Crippen molar-refractivity contribution in [2.75, 3.05) is 19.6 Å². The predicted molar refractivity (Wildman–Crippen MR) is 613 cm³/mol. The highest BCUT2D eigenvalue weighted by Gasteiger charge is 2.24. The highest BCUT2D eigenvalue weighted by Crippen LogP contribution is 2.37. The summed E-state index contributed by atoms with van der Waals surface area (Å²) in [4.78, 5) is 11.5. The summed E-state index contributed by atoms with van der Waals surface area (Å²) >= 11 is 0. The van der Waals surface area contributed by atoms with Gasteiger partial charge in [-0.05, 0) is 182 Å². The van der Waals surface area contributed by atoms with E-state index >= 15 is 0 Å². The molecule has 0 amide bonds. The Morgan fingerprint density at radius 1 is 0.289 bits per heavy atom. The maximum absolute atomic E-state index is 3.85. The van der Waals surface area contributed by atoms with Crippen LogP contribution < -0.4 is 0 Å². The Balaban J connectivity index is -0.0000000995. The second kappa shape index (κ2) is 130. The van der Waals surface area contributed by atoms with E-state index in [4.69, 9.17) is 0 Å². The lowest BCUT2D eigenvalue weighted by molar-refractivity contribution is 0.264. The monoisotopic (exact) mass is 1800 g/mol. The number of benzene rings is 2. The number of allylic oxidation sites excluding steroid dienone is 5. The van der Waals surface area contributed by atoms with E-state index < -0.39 is 0 Å². The van der Waals surface area contributed by atoms with Gasteiger partial charge in [-0.25, -0.2) is 0 Å². The van der Waals surface area contributed by atoms with Crippen molar-refractivity contribution in [1.29, 1.82) is 0 Å². The highest BCUT2D eigenvalue weighted by molar-refractivity contribution is 5.74. The third-order valence-corrected chi connectivity index (χ3v) is 22.0. The van der Waals surface area contributed by atoms with Crippen molar-refractivity contribution in [3.05, 3.63) is 120 Å². The van der Waals surface area contributed by atoms with Gasteiger partial charge in [0.15, 0.2) is 0 Å². The van der Waals surface area contributed by atoms with Crippen LogP contribution in [-0.4, -0.2) is 38.3 Å². The molecule has 3 heteroatoms. The van der Waals surface area contributed by atoms with Gasteiger partial charge in [0.25, 0.3) is 0 Å². The van der Waals surface area contributed by atoms with Crippen molar-refractivity contribution in [2.24, 2.45) is 110 Å². The van der Waals surface area contributed by atoms with Crippen LogP contribution in [0.5, 0.6) is 0 Å². The zero-order chi connectivity index (χ0) is 100. The molecule has 0 radical (unpaired) electrons. The lowest BCUT2D eigenvalue weighted by Gasteiger charge is -2.26. The van der Waals surface area contributed by atoms with Crippen molar-refractivity contribution in [2.45, 2.75) is 556 Å². The fraction of sp³-hybridized carbons (Fsp3) is 0.816. The Kier molecular flexibility index (Phi) is 155. The summed E-state index contributed by atoms with van der Waals surface area (Å²) in [5.74, 6) is 15.7. The van der Waals surface area contributed by atoms with Gasteiger partial charge in [0.1, 0.15) is 0 Å². The number of hydrogen-bond acceptors (Lipinski definition) is 3. The standard InChI is InChI=1S/C10H20.C10H14.2C9H18.C9H12.2C8H16.C7H14.C5H10.5C5H12.3C4H5N.6C2H6.CH4/c2*1-9(2)8-10-6-4-3-5-7-10;1-7(2)8(3)6-9-4-5-9;1-8(2)7-9-5-3-4-6-9;1-8(2)9-6-4-3-5-7-9;1-7(2)6-8-4-3-5-8;1-7(2)5-6-8(3)4;1-2-4-6-7-5-3-1;1-2-4-5-3-1;5*1-4-5(2)3;3*1-2-4-5-3-1;6*1-2;/h9-10H,3-8H2,1-2H3;3-7,9H,8H2,1-2H3;7-9H,4-6H2,1-3H3;8-9H,3-7H2,1-2H3;3-8H,1-2H3;7-8H,3-6H2,1-2H3;5,8H,6H2,1-4H3;1-7H2;1-5H2;5*5H,4H2,1-3H3;3*1-3H,4H2;6*1-2H3;1H4. The first-order chi connectivity index (χ1) is 60.6. The molecule has 0 spiro atoms. The highest BCUT2D eigenvalue weighted by atomic mass is 14.7. The fourth-order valence-corrected chi connectivity index (χ4v) is 12.0. The summed E-state index contributed by atoms with van der Waals surface area (Å²) in [5, 5.41) is 0. The Labute approximate surface area is 818 Å². The van der Waals surface area contributed by atoms with Crippen LogP contribution in [0.1, 0.15) is 560 Å². The molecule has 128 heavy (non-hydrogen) atoms. The van der Waals surface area contributed by atoms with Gasteiger partial charge in [-0.1, -0.05) is 588 Å². The van der Waals surface area contributed by atoms with Crippen LogP contribution in [0.25, 0.3) is 0 Å². The Hall–Kier alpha value is -3.59. The van der Waals surface area contributed by atoms with Crippen LogP contribution in [0.4, 0.5) is 0 Å².